The van der Waals surface area contributed by atoms with Crippen LogP contribution in [0.3, 0.4) is 0 Å². The zero-order chi connectivity index (χ0) is 22.3. The molecular weight excluding hydrogens is 418 g/mol. The number of ether oxygens (including phenoxy) is 1. The monoisotopic (exact) mass is 443 g/mol. The van der Waals surface area contributed by atoms with Crippen LogP contribution in [0.1, 0.15) is 41.6 Å². The molecule has 32 heavy (non-hydrogen) atoms. The van der Waals surface area contributed by atoms with Crippen LogP contribution in [-0.4, -0.2) is 5.91 Å². The van der Waals surface area contributed by atoms with E-state index in [1.54, 1.807) is 23.9 Å². The summed E-state index contributed by atoms with van der Waals surface area (Å²) in [5, 5.41) is 2.96. The van der Waals surface area contributed by atoms with Crippen molar-refractivity contribution in [2.24, 2.45) is 0 Å². The van der Waals surface area contributed by atoms with Gasteiger partial charge in [-0.2, -0.15) is 0 Å². The Morgan fingerprint density at radius 2 is 1.62 bits per heavy atom. The van der Waals surface area contributed by atoms with Crippen LogP contribution in [0.2, 0.25) is 0 Å². The fraction of sp³-hybridized carbons (Fsp3) is 0.148. The average molecular weight is 444 g/mol. The van der Waals surface area contributed by atoms with E-state index in [1.165, 1.54) is 5.56 Å². The van der Waals surface area contributed by atoms with Gasteiger partial charge in [-0.25, -0.2) is 0 Å². The van der Waals surface area contributed by atoms with Gasteiger partial charge in [0.25, 0.3) is 5.91 Å². The summed E-state index contributed by atoms with van der Waals surface area (Å²) in [6, 6.07) is 29.2. The topological polar surface area (TPSA) is 51.5 Å². The van der Waals surface area contributed by atoms with E-state index in [0.29, 0.717) is 11.7 Å². The van der Waals surface area contributed by atoms with Crippen molar-refractivity contribution in [3.63, 3.8) is 0 Å². The summed E-state index contributed by atoms with van der Waals surface area (Å²) in [5.41, 5.74) is 2.01. The van der Waals surface area contributed by atoms with Gasteiger partial charge in [0.1, 0.15) is 18.1 Å². The minimum absolute atomic E-state index is 0.248. The summed E-state index contributed by atoms with van der Waals surface area (Å²) in [6.45, 7) is 4.57. The number of rotatable bonds is 8. The van der Waals surface area contributed by atoms with Crippen LogP contribution in [0, 0.1) is 0 Å². The molecule has 0 saturated carbocycles. The molecule has 0 fully saturated rings. The van der Waals surface area contributed by atoms with E-state index in [4.69, 9.17) is 9.15 Å². The Kier molecular flexibility index (Phi) is 6.97. The smallest absolute Gasteiger partial charge is 0.291 e. The van der Waals surface area contributed by atoms with Crippen LogP contribution in [0.15, 0.2) is 105 Å². The first-order chi connectivity index (χ1) is 15.6. The molecule has 5 heteroatoms. The number of benzene rings is 3. The largest absolute Gasteiger partial charge is 0.486 e. The van der Waals surface area contributed by atoms with Crippen molar-refractivity contribution in [1.82, 2.24) is 0 Å². The van der Waals surface area contributed by atoms with E-state index in [1.807, 2.05) is 66.7 Å². The lowest BCUT2D eigenvalue weighted by Gasteiger charge is -2.10. The number of anilines is 1. The van der Waals surface area contributed by atoms with Crippen LogP contribution in [0.25, 0.3) is 0 Å². The van der Waals surface area contributed by atoms with Crippen LogP contribution in [0.5, 0.6) is 5.75 Å². The Balaban J connectivity index is 1.38. The standard InChI is InChI=1S/C27H25NO3S/c1-19(2)20-12-14-21(15-13-20)30-18-22-16-17-25(31-22)27(29)28-24-10-6-7-11-26(24)32-23-8-4-3-5-9-23/h3-17,19H,18H2,1-2H3,(H,28,29). The molecule has 1 N–H and O–H groups in total. The second kappa shape index (κ2) is 10.2. The number of carbonyl (C=O) groups excluding carboxylic acids is 1. The fourth-order valence-corrected chi connectivity index (χ4v) is 4.06. The van der Waals surface area contributed by atoms with Gasteiger partial charge >= 0.3 is 0 Å². The molecule has 0 unspecified atom stereocenters. The van der Waals surface area contributed by atoms with Gasteiger partial charge in [-0.3, -0.25) is 4.79 Å². The van der Waals surface area contributed by atoms with Gasteiger partial charge < -0.3 is 14.5 Å². The molecule has 0 aliphatic carbocycles. The normalized spacial score (nSPS) is 10.8. The van der Waals surface area contributed by atoms with Crippen molar-refractivity contribution >= 4 is 23.4 Å². The van der Waals surface area contributed by atoms with Gasteiger partial charge in [0, 0.05) is 9.79 Å². The van der Waals surface area contributed by atoms with Gasteiger partial charge in [-0.05, 0) is 60.0 Å². The number of carbonyl (C=O) groups is 1. The van der Waals surface area contributed by atoms with Gasteiger partial charge in [0.15, 0.2) is 5.76 Å². The highest BCUT2D eigenvalue weighted by Gasteiger charge is 2.14. The number of nitrogens with one attached hydrogen (secondary N) is 1. The molecule has 0 bridgehead atoms. The highest BCUT2D eigenvalue weighted by atomic mass is 32.2. The van der Waals surface area contributed by atoms with Gasteiger partial charge in [-0.1, -0.05) is 68.1 Å². The highest BCUT2D eigenvalue weighted by molar-refractivity contribution is 7.99. The van der Waals surface area contributed by atoms with E-state index < -0.39 is 0 Å². The van der Waals surface area contributed by atoms with Crippen LogP contribution in [0.4, 0.5) is 5.69 Å². The molecule has 0 aliphatic rings. The molecule has 0 aliphatic heterocycles. The molecule has 1 aromatic heterocycles. The first-order valence-electron chi connectivity index (χ1n) is 10.5. The van der Waals surface area contributed by atoms with Crippen molar-refractivity contribution in [2.45, 2.75) is 36.2 Å². The Labute approximate surface area is 192 Å². The quantitative estimate of drug-likeness (QED) is 0.308. The van der Waals surface area contributed by atoms with E-state index in [-0.39, 0.29) is 18.3 Å². The zero-order valence-corrected chi connectivity index (χ0v) is 18.9. The minimum Gasteiger partial charge on any atom is -0.486 e. The zero-order valence-electron chi connectivity index (χ0n) is 18.1. The summed E-state index contributed by atoms with van der Waals surface area (Å²) in [6.07, 6.45) is 0. The lowest BCUT2D eigenvalue weighted by molar-refractivity contribution is 0.0992. The summed E-state index contributed by atoms with van der Waals surface area (Å²) in [5.74, 6) is 1.79. The second-order valence-corrected chi connectivity index (χ2v) is 8.76. The van der Waals surface area contributed by atoms with Gasteiger partial charge in [0.2, 0.25) is 0 Å². The molecule has 0 radical (unpaired) electrons. The average Bonchev–Trinajstić information content (AvgIpc) is 3.29. The van der Waals surface area contributed by atoms with E-state index in [2.05, 4.69) is 31.3 Å². The maximum absolute atomic E-state index is 12.8. The van der Waals surface area contributed by atoms with Gasteiger partial charge in [-0.15, -0.1) is 0 Å². The van der Waals surface area contributed by atoms with Crippen molar-refractivity contribution < 1.29 is 13.9 Å². The summed E-state index contributed by atoms with van der Waals surface area (Å²) in [7, 11) is 0. The number of hydrogen-bond acceptors (Lipinski definition) is 4. The molecule has 4 aromatic rings. The number of furan rings is 1. The maximum atomic E-state index is 12.8. The molecular formula is C27H25NO3S. The third-order valence-electron chi connectivity index (χ3n) is 4.92. The molecule has 0 saturated heterocycles. The molecule has 162 valence electrons. The molecule has 0 spiro atoms. The lowest BCUT2D eigenvalue weighted by Crippen LogP contribution is -2.11. The van der Waals surface area contributed by atoms with Crippen LogP contribution >= 0.6 is 11.8 Å². The SMILES string of the molecule is CC(C)c1ccc(OCc2ccc(C(=O)Nc3ccccc3Sc3ccccc3)o2)cc1. The molecule has 1 heterocycles. The van der Waals surface area contributed by atoms with Gasteiger partial charge in [0.05, 0.1) is 5.69 Å². The summed E-state index contributed by atoms with van der Waals surface area (Å²) in [4.78, 5) is 14.8. The molecule has 4 nitrogen and oxygen atoms in total. The second-order valence-electron chi connectivity index (χ2n) is 7.64. The summed E-state index contributed by atoms with van der Waals surface area (Å²) >= 11 is 1.60. The fourth-order valence-electron chi connectivity index (χ4n) is 3.14. The third-order valence-corrected chi connectivity index (χ3v) is 6.00. The lowest BCUT2D eigenvalue weighted by atomic mass is 10.0. The predicted octanol–water partition coefficient (Wildman–Crippen LogP) is 7.39. The molecule has 3 aromatic carbocycles. The minimum atomic E-state index is -0.293. The van der Waals surface area contributed by atoms with E-state index >= 15 is 0 Å². The Morgan fingerprint density at radius 1 is 0.906 bits per heavy atom. The van der Waals surface area contributed by atoms with Crippen molar-refractivity contribution in [3.05, 3.63) is 108 Å². The predicted molar refractivity (Wildman–Crippen MR) is 129 cm³/mol. The Hall–Kier alpha value is -3.44. The van der Waals surface area contributed by atoms with Crippen molar-refractivity contribution in [3.8, 4) is 5.75 Å². The number of hydrogen-bond donors (Lipinski definition) is 1. The van der Waals surface area contributed by atoms with Crippen molar-refractivity contribution in [1.29, 1.82) is 0 Å². The first-order valence-corrected chi connectivity index (χ1v) is 11.3. The van der Waals surface area contributed by atoms with Crippen LogP contribution < -0.4 is 10.1 Å². The molecule has 0 atom stereocenters. The molecule has 1 amide bonds. The Bertz CT molecular complexity index is 1170. The highest BCUT2D eigenvalue weighted by Crippen LogP contribution is 2.33. The number of amides is 1. The summed E-state index contributed by atoms with van der Waals surface area (Å²) < 4.78 is 11.5. The molecule has 4 rings (SSSR count). The first kappa shape index (κ1) is 21.8. The van der Waals surface area contributed by atoms with Crippen molar-refractivity contribution in [2.75, 3.05) is 5.32 Å². The third kappa shape index (κ3) is 5.62. The van der Waals surface area contributed by atoms with Crippen LogP contribution in [-0.2, 0) is 6.61 Å². The van der Waals surface area contributed by atoms with E-state index in [0.717, 1.165) is 21.2 Å². The van der Waals surface area contributed by atoms with E-state index in [9.17, 15) is 4.79 Å². The Morgan fingerprint density at radius 3 is 2.38 bits per heavy atom. The number of para-hydroxylation sites is 1. The maximum Gasteiger partial charge on any atom is 0.291 e.